The molecule has 3 N–H and O–H groups in total. The lowest BCUT2D eigenvalue weighted by molar-refractivity contribution is -0.137. The summed E-state index contributed by atoms with van der Waals surface area (Å²) in [6, 6.07) is 4.79. The number of aromatic nitrogens is 2. The third-order valence-electron chi connectivity index (χ3n) is 2.60. The van der Waals surface area contributed by atoms with Crippen molar-refractivity contribution in [2.75, 3.05) is 12.3 Å². The normalized spacial score (nSPS) is 15.8. The number of nitrogens with zero attached hydrogens (tertiary/aromatic N) is 2. The number of nitrogen functional groups attached to an aromatic ring is 1. The fraction of sp³-hybridized carbons (Fsp3) is 0.231. The summed E-state index contributed by atoms with van der Waals surface area (Å²) in [5.74, 6) is 0. The molecule has 0 atom stereocenters. The van der Waals surface area contributed by atoms with Crippen LogP contribution >= 0.6 is 0 Å². The molecule has 5 nitrogen and oxygen atoms in total. The van der Waals surface area contributed by atoms with Crippen LogP contribution in [-0.4, -0.2) is 21.4 Å². The zero-order valence-corrected chi connectivity index (χ0v) is 10.3. The molecule has 0 spiro atoms. The fourth-order valence-corrected chi connectivity index (χ4v) is 1.74. The topological polar surface area (TPSA) is 81.1 Å². The Kier molecular flexibility index (Phi) is 2.75. The minimum atomic E-state index is -4.77. The average molecular weight is 303 g/mol. The van der Waals surface area contributed by atoms with Gasteiger partial charge in [0.05, 0.1) is 29.8 Å². The number of halogens is 3. The van der Waals surface area contributed by atoms with Crippen LogP contribution in [0.15, 0.2) is 35.1 Å². The molecule has 1 aromatic heterocycles. The smallest absolute Gasteiger partial charge is 0.397 e. The number of aryl methyl sites for hydroxylation is 1. The van der Waals surface area contributed by atoms with Crippen LogP contribution in [0.25, 0.3) is 11.3 Å². The van der Waals surface area contributed by atoms with Gasteiger partial charge in [-0.15, -0.1) is 0 Å². The molecule has 8 heteroatoms. The molecular weight excluding hydrogens is 287 g/mol. The molecule has 2 aromatic rings. The molecule has 0 fully saturated rings. The van der Waals surface area contributed by atoms with E-state index in [2.05, 4.69) is 5.10 Å². The number of hydrogen-bond acceptors (Lipinski definition) is 4. The van der Waals surface area contributed by atoms with E-state index in [1.165, 1.54) is 6.07 Å². The third-order valence-corrected chi connectivity index (χ3v) is 2.60. The van der Waals surface area contributed by atoms with E-state index in [-0.39, 0.29) is 4.68 Å². The van der Waals surface area contributed by atoms with Crippen molar-refractivity contribution in [2.24, 2.45) is 0 Å². The summed E-state index contributed by atoms with van der Waals surface area (Å²) in [6.07, 6.45) is -4.77. The Balaban J connectivity index is 2.79. The van der Waals surface area contributed by atoms with Crippen LogP contribution in [-0.2, 0) is 12.7 Å². The number of anilines is 1. The number of hydrogen-bond donors (Lipinski definition) is 2. The van der Waals surface area contributed by atoms with E-state index in [4.69, 9.17) is 11.2 Å². The van der Waals surface area contributed by atoms with Gasteiger partial charge >= 0.3 is 6.18 Å². The highest BCUT2D eigenvalue weighted by Crippen LogP contribution is 2.37. The summed E-state index contributed by atoms with van der Waals surface area (Å²) in [4.78, 5) is 11.9. The minimum absolute atomic E-state index is 0.0775. The first kappa shape index (κ1) is 10.4. The van der Waals surface area contributed by atoms with Gasteiger partial charge in [-0.3, -0.25) is 4.79 Å². The highest BCUT2D eigenvalue weighted by molar-refractivity contribution is 5.74. The minimum Gasteiger partial charge on any atom is -0.397 e. The summed E-state index contributed by atoms with van der Waals surface area (Å²) in [5, 5.41) is 12.7. The predicted octanol–water partition coefficient (Wildman–Crippen LogP) is 1.50. The predicted molar refractivity (Wildman–Crippen MR) is 70.4 cm³/mol. The molecule has 0 bridgehead atoms. The Labute approximate surface area is 123 Å². The average Bonchev–Trinajstić information content (AvgIpc) is 2.45. The van der Waals surface area contributed by atoms with E-state index in [1.807, 2.05) is 0 Å². The monoisotopic (exact) mass is 303 g/mol. The van der Waals surface area contributed by atoms with Crippen LogP contribution in [0, 0.1) is 0 Å². The SMILES string of the molecule is [2H]C([2H])(O)C([2H])([2H])n1nc(-c2ccccc2C(F)(F)F)c(N)cc1=O. The lowest BCUT2D eigenvalue weighted by Crippen LogP contribution is -2.25. The third kappa shape index (κ3) is 3.05. The Morgan fingerprint density at radius 2 is 2.05 bits per heavy atom. The van der Waals surface area contributed by atoms with Crippen molar-refractivity contribution in [1.29, 1.82) is 0 Å². The lowest BCUT2D eigenvalue weighted by Gasteiger charge is -2.14. The van der Waals surface area contributed by atoms with Crippen molar-refractivity contribution < 1.29 is 23.8 Å². The maximum absolute atomic E-state index is 13.2. The second-order valence-corrected chi connectivity index (χ2v) is 3.97. The van der Waals surface area contributed by atoms with E-state index in [1.54, 1.807) is 0 Å². The van der Waals surface area contributed by atoms with Crippen molar-refractivity contribution in [2.45, 2.75) is 12.7 Å². The fourth-order valence-electron chi connectivity index (χ4n) is 1.74. The van der Waals surface area contributed by atoms with Gasteiger partial charge in [-0.25, -0.2) is 4.68 Å². The molecule has 21 heavy (non-hydrogen) atoms. The van der Waals surface area contributed by atoms with Crippen LogP contribution in [0.1, 0.15) is 11.0 Å². The first-order valence-electron chi connectivity index (χ1n) is 7.56. The molecular formula is C13H12F3N3O2. The quantitative estimate of drug-likeness (QED) is 0.900. The zero-order chi connectivity index (χ0) is 19.2. The summed E-state index contributed by atoms with van der Waals surface area (Å²) in [6.45, 7) is -6.87. The van der Waals surface area contributed by atoms with Gasteiger partial charge in [0.25, 0.3) is 5.56 Å². The molecule has 0 saturated carbocycles. The van der Waals surface area contributed by atoms with Crippen molar-refractivity contribution >= 4 is 5.69 Å². The molecule has 0 radical (unpaired) electrons. The standard InChI is InChI=1S/C13H12F3N3O2/c14-13(15,16)9-4-2-1-3-8(9)12-10(17)7-11(21)19(18-12)5-6-20/h1-4,7,20H,5-6,17H2/i5D2,6D2. The highest BCUT2D eigenvalue weighted by Gasteiger charge is 2.34. The molecule has 1 heterocycles. The molecule has 0 aliphatic rings. The molecule has 0 aliphatic heterocycles. The van der Waals surface area contributed by atoms with Crippen LogP contribution in [0.2, 0.25) is 0 Å². The largest absolute Gasteiger partial charge is 0.417 e. The zero-order valence-electron chi connectivity index (χ0n) is 14.3. The van der Waals surface area contributed by atoms with Crippen LogP contribution in [0.5, 0.6) is 0 Å². The first-order chi connectivity index (χ1) is 11.3. The number of nitrogens with two attached hydrogens (primary N) is 1. The van der Waals surface area contributed by atoms with Crippen molar-refractivity contribution in [3.05, 3.63) is 46.2 Å². The van der Waals surface area contributed by atoms with Crippen LogP contribution in [0.3, 0.4) is 0 Å². The van der Waals surface area contributed by atoms with Crippen LogP contribution < -0.4 is 11.3 Å². The Hall–Kier alpha value is -2.35. The molecule has 0 amide bonds. The van der Waals surface area contributed by atoms with Gasteiger partial charge in [0.15, 0.2) is 0 Å². The molecule has 0 saturated heterocycles. The van der Waals surface area contributed by atoms with Crippen molar-refractivity contribution in [1.82, 2.24) is 9.78 Å². The van der Waals surface area contributed by atoms with Gasteiger partial charge in [0.1, 0.15) is 5.69 Å². The van der Waals surface area contributed by atoms with Gasteiger partial charge in [-0.05, 0) is 6.07 Å². The summed E-state index contributed by atoms with van der Waals surface area (Å²) >= 11 is 0. The van der Waals surface area contributed by atoms with Gasteiger partial charge in [-0.1, -0.05) is 18.2 Å². The van der Waals surface area contributed by atoms with Gasteiger partial charge in [0.2, 0.25) is 0 Å². The second-order valence-electron chi connectivity index (χ2n) is 3.97. The Morgan fingerprint density at radius 3 is 2.67 bits per heavy atom. The van der Waals surface area contributed by atoms with Gasteiger partial charge in [-0.2, -0.15) is 18.3 Å². The second kappa shape index (κ2) is 5.57. The first-order valence-corrected chi connectivity index (χ1v) is 5.56. The van der Waals surface area contributed by atoms with Crippen molar-refractivity contribution in [3.8, 4) is 11.3 Å². The van der Waals surface area contributed by atoms with E-state index in [9.17, 15) is 23.1 Å². The van der Waals surface area contributed by atoms with E-state index in [0.717, 1.165) is 18.2 Å². The number of aliphatic hydroxyl groups is 1. The molecule has 0 aliphatic carbocycles. The maximum atomic E-state index is 13.2. The number of benzene rings is 1. The lowest BCUT2D eigenvalue weighted by atomic mass is 10.0. The van der Waals surface area contributed by atoms with Crippen LogP contribution in [0.4, 0.5) is 18.9 Å². The van der Waals surface area contributed by atoms with E-state index in [0.29, 0.717) is 6.07 Å². The number of alkyl halides is 3. The van der Waals surface area contributed by atoms with Gasteiger partial charge < -0.3 is 10.8 Å². The summed E-state index contributed by atoms with van der Waals surface area (Å²) in [5.41, 5.74) is 1.68. The Morgan fingerprint density at radius 1 is 1.38 bits per heavy atom. The molecule has 2 rings (SSSR count). The Bertz CT molecular complexity index is 863. The molecule has 1 aromatic carbocycles. The highest BCUT2D eigenvalue weighted by atomic mass is 19.4. The summed E-state index contributed by atoms with van der Waals surface area (Å²) in [7, 11) is 0. The maximum Gasteiger partial charge on any atom is 0.417 e. The molecule has 0 unspecified atom stereocenters. The van der Waals surface area contributed by atoms with Gasteiger partial charge in [0, 0.05) is 11.6 Å². The molecule has 112 valence electrons. The number of rotatable bonds is 3. The summed E-state index contributed by atoms with van der Waals surface area (Å²) < 4.78 is 68.6. The van der Waals surface area contributed by atoms with Crippen molar-refractivity contribution in [3.63, 3.8) is 0 Å². The van der Waals surface area contributed by atoms with E-state index < -0.39 is 47.3 Å². The van der Waals surface area contributed by atoms with E-state index >= 15 is 0 Å².